The summed E-state index contributed by atoms with van der Waals surface area (Å²) in [6.45, 7) is -0.717. The summed E-state index contributed by atoms with van der Waals surface area (Å²) in [6, 6.07) is 5.08. The molecule has 10 N–H and O–H groups in total. The molecule has 0 bridgehead atoms. The molecule has 8 heterocycles. The summed E-state index contributed by atoms with van der Waals surface area (Å²) < 4.78 is 26.4. The minimum Gasteiger partial charge on any atom is -0.481 e. The Kier molecular flexibility index (Phi) is 19.1. The largest absolute Gasteiger partial charge is 0.481 e. The molecule has 6 atom stereocenters. The average Bonchev–Trinajstić information content (AvgIpc) is 4.18. The third-order valence-electron chi connectivity index (χ3n) is 15.6. The van der Waals surface area contributed by atoms with Crippen molar-refractivity contribution in [1.82, 2.24) is 66.2 Å². The minimum absolute atomic E-state index is 0.00908. The normalized spacial score (nSPS) is 23.3. The van der Waals surface area contributed by atoms with Gasteiger partial charge in [0.25, 0.3) is 5.92 Å². The van der Waals surface area contributed by atoms with E-state index in [-0.39, 0.29) is 66.8 Å². The molecule has 6 saturated carbocycles. The van der Waals surface area contributed by atoms with Crippen molar-refractivity contribution in [3.63, 3.8) is 0 Å². The predicted molar refractivity (Wildman–Crippen MR) is 321 cm³/mol. The van der Waals surface area contributed by atoms with Crippen molar-refractivity contribution in [2.45, 2.75) is 163 Å². The number of carbonyl (C=O) groups excluding carboxylic acids is 3. The summed E-state index contributed by atoms with van der Waals surface area (Å²) in [5, 5.41) is 75.4. The zero-order valence-electron chi connectivity index (χ0n) is 46.1. The van der Waals surface area contributed by atoms with Crippen LogP contribution >= 0.6 is 68.0 Å². The highest BCUT2D eigenvalue weighted by Gasteiger charge is 2.44. The smallest absolute Gasteiger partial charge is 0.306 e. The lowest BCUT2D eigenvalue weighted by atomic mass is 9.82. The Balaban J connectivity index is 0.000000135. The van der Waals surface area contributed by atoms with Crippen LogP contribution in [0.25, 0.3) is 0 Å². The van der Waals surface area contributed by atoms with Crippen LogP contribution in [0.1, 0.15) is 187 Å². The van der Waals surface area contributed by atoms with E-state index in [2.05, 4.69) is 82.1 Å². The molecular formula is C52H64F2N20O5S6. The van der Waals surface area contributed by atoms with Gasteiger partial charge in [-0.3, -0.25) is 19.2 Å². The number of carboxylic acids is 1. The van der Waals surface area contributed by atoms with Crippen LogP contribution in [0, 0.1) is 17.8 Å². The summed E-state index contributed by atoms with van der Waals surface area (Å²) in [5.41, 5.74) is 17.5. The fraction of sp³-hybridized carbons (Fsp3) is 0.596. The van der Waals surface area contributed by atoms with Crippen molar-refractivity contribution in [3.05, 3.63) is 53.9 Å². The van der Waals surface area contributed by atoms with Gasteiger partial charge in [0.05, 0.1) is 31.1 Å². The number of alkyl halides is 2. The van der Waals surface area contributed by atoms with Crippen molar-refractivity contribution in [1.29, 1.82) is 0 Å². The number of pyridine rings is 1. The third kappa shape index (κ3) is 16.7. The molecule has 7 fully saturated rings. The molecule has 14 rings (SSSR count). The summed E-state index contributed by atoms with van der Waals surface area (Å²) in [7, 11) is 0. The number of nitrogen functional groups attached to an aromatic ring is 3. The van der Waals surface area contributed by atoms with Gasteiger partial charge in [-0.2, -0.15) is 0 Å². The Morgan fingerprint density at radius 2 is 0.847 bits per heavy atom. The zero-order chi connectivity index (χ0) is 59.2. The Morgan fingerprint density at radius 1 is 0.494 bits per heavy atom. The molecule has 7 aliphatic rings. The van der Waals surface area contributed by atoms with E-state index in [0.29, 0.717) is 66.0 Å². The van der Waals surface area contributed by atoms with Gasteiger partial charge >= 0.3 is 5.97 Å². The first kappa shape index (κ1) is 60.2. The molecule has 7 aromatic heterocycles. The number of hydrogen-bond donors (Lipinski definition) is 7. The monoisotopic (exact) mass is 1280 g/mol. The van der Waals surface area contributed by atoms with Gasteiger partial charge in [0.1, 0.15) is 35.9 Å². The van der Waals surface area contributed by atoms with E-state index in [4.69, 9.17) is 22.3 Å². The van der Waals surface area contributed by atoms with E-state index in [0.717, 1.165) is 139 Å². The number of aliphatic carboxylic acids is 1. The van der Waals surface area contributed by atoms with Gasteiger partial charge in [-0.15, -0.1) is 61.2 Å². The molecule has 3 amide bonds. The number of amides is 3. The fourth-order valence-electron chi connectivity index (χ4n) is 10.7. The van der Waals surface area contributed by atoms with E-state index in [1.807, 2.05) is 0 Å². The van der Waals surface area contributed by atoms with Gasteiger partial charge in [0.15, 0.2) is 0 Å². The Bertz CT molecular complexity index is 3380. The van der Waals surface area contributed by atoms with Gasteiger partial charge in [0.2, 0.25) is 48.5 Å². The number of carbonyl (C=O) groups is 4. The Labute approximate surface area is 510 Å². The second kappa shape index (κ2) is 27.0. The van der Waals surface area contributed by atoms with Crippen LogP contribution in [-0.2, 0) is 25.6 Å². The molecule has 85 heavy (non-hydrogen) atoms. The van der Waals surface area contributed by atoms with Crippen molar-refractivity contribution in [3.8, 4) is 0 Å². The number of rotatable bonds is 15. The molecule has 33 heteroatoms. The summed E-state index contributed by atoms with van der Waals surface area (Å²) in [6.07, 6.45) is 18.4. The van der Waals surface area contributed by atoms with E-state index in [1.165, 1.54) is 79.3 Å². The van der Waals surface area contributed by atoms with Gasteiger partial charge < -0.3 is 43.2 Å². The summed E-state index contributed by atoms with van der Waals surface area (Å²) in [4.78, 5) is 52.0. The van der Waals surface area contributed by atoms with Crippen LogP contribution in [0.5, 0.6) is 0 Å². The molecule has 452 valence electrons. The molecule has 25 nitrogen and oxygen atoms in total. The zero-order valence-corrected chi connectivity index (χ0v) is 51.0. The first-order valence-electron chi connectivity index (χ1n) is 28.5. The van der Waals surface area contributed by atoms with Crippen molar-refractivity contribution < 1.29 is 33.1 Å². The van der Waals surface area contributed by atoms with E-state index >= 15 is 0 Å². The van der Waals surface area contributed by atoms with Crippen LogP contribution in [0.15, 0.2) is 18.2 Å². The topological polar surface area (TPSA) is 373 Å². The highest BCUT2D eigenvalue weighted by molar-refractivity contribution is 7.16. The van der Waals surface area contributed by atoms with Crippen LogP contribution < -0.4 is 38.1 Å². The lowest BCUT2D eigenvalue weighted by molar-refractivity contribution is -0.138. The molecule has 1 saturated heterocycles. The number of nitrogens with one attached hydrogen (secondary N) is 3. The van der Waals surface area contributed by atoms with Crippen molar-refractivity contribution in [2.75, 3.05) is 51.1 Å². The SMILES string of the molecule is Nc1nnc([C@H]2CCC[C@H](c3nnc(N)s3)C2)s1.Nc1nnc([C@H]2CCC[C@H](c3nnc(NC(=O)C4CC4)s3)C2)s1.O=C(Cc1cccc(N2CC(F)(F)C2)n1)Nc1nnc([C@H]2CCC[C@H](c3nnc(NC(=O)C4CC4)s3)C2)s1.O=C(O)C1CC1. The molecule has 6 aliphatic carbocycles. The van der Waals surface area contributed by atoms with Gasteiger partial charge in [-0.25, -0.2) is 13.8 Å². The standard InChI is InChI=1S/C24H26F2N8O2S2.C14H18N6OS2.C10H14N6S2.C4H6O2/c25-24(26)11-34(12-24)17-6-2-5-16(27-17)10-18(35)28-22-32-30-20(37-22)14-3-1-4-15(9-14)21-31-33-23(38-21)29-19(36)13-7-8-13;15-13-19-17-11(22-13)8-2-1-3-9(6-8)12-18-20-14(23-12)16-10(21)7-4-5-7;11-9-15-13-7(17-9)5-2-1-3-6(4-5)8-14-16-10(12)18-8;5-4(6)3-1-2-3/h2,5-6,13-15H,1,3-4,7-12H2,(H,28,32,35)(H,29,33,36);7-9H,1-6H2,(H2,15,19)(H,16,20,21);5-6H,1-4H2,(H2,11,15)(H2,12,16);3H,1-2H2,(H,5,6)/t14-,15-;8-,9-;5-,6-;/m000./s1. The van der Waals surface area contributed by atoms with E-state index < -0.39 is 11.9 Å². The summed E-state index contributed by atoms with van der Waals surface area (Å²) in [5.74, 6) is -0.603. The Hall–Kier alpha value is -6.55. The highest BCUT2D eigenvalue weighted by Crippen LogP contribution is 2.47. The average molecular weight is 1280 g/mol. The van der Waals surface area contributed by atoms with Crippen molar-refractivity contribution in [2.24, 2.45) is 17.8 Å². The minimum atomic E-state index is -2.68. The molecule has 1 aliphatic heterocycles. The van der Waals surface area contributed by atoms with Gasteiger partial charge in [-0.05, 0) is 108 Å². The predicted octanol–water partition coefficient (Wildman–Crippen LogP) is 9.45. The second-order valence-electron chi connectivity index (χ2n) is 22.5. The van der Waals surface area contributed by atoms with E-state index in [1.54, 1.807) is 18.2 Å². The number of nitrogens with two attached hydrogens (primary N) is 3. The van der Waals surface area contributed by atoms with Crippen molar-refractivity contribution >= 4 is 128 Å². The maximum Gasteiger partial charge on any atom is 0.306 e. The van der Waals surface area contributed by atoms with Crippen LogP contribution in [0.2, 0.25) is 0 Å². The van der Waals surface area contributed by atoms with Gasteiger partial charge in [-0.1, -0.05) is 93.3 Å². The summed E-state index contributed by atoms with van der Waals surface area (Å²) >= 11 is 8.78. The number of halogens is 2. The number of aromatic nitrogens is 13. The molecule has 7 aromatic rings. The second-order valence-corrected chi connectivity index (χ2v) is 28.7. The lowest BCUT2D eigenvalue weighted by Crippen LogP contribution is -2.56. The fourth-order valence-corrected chi connectivity index (χ4v) is 15.6. The first-order chi connectivity index (χ1) is 41.0. The molecular weight excluding hydrogens is 1220 g/mol. The van der Waals surface area contributed by atoms with Crippen LogP contribution in [0.3, 0.4) is 0 Å². The molecule has 0 radical (unpaired) electrons. The molecule has 0 unspecified atom stereocenters. The maximum atomic E-state index is 13.2. The lowest BCUT2D eigenvalue weighted by Gasteiger charge is -2.39. The number of nitrogens with zero attached hydrogens (tertiary/aromatic N) is 14. The third-order valence-corrected chi connectivity index (χ3v) is 21.4. The highest BCUT2D eigenvalue weighted by atomic mass is 32.1. The van der Waals surface area contributed by atoms with E-state index in [9.17, 15) is 28.0 Å². The number of hydrogen-bond acceptors (Lipinski definition) is 27. The molecule has 0 spiro atoms. The maximum absolute atomic E-state index is 13.2. The number of carboxylic acid groups (broad SMARTS) is 1. The Morgan fingerprint density at radius 3 is 1.16 bits per heavy atom. The quantitative estimate of drug-likeness (QED) is 0.0502. The number of anilines is 7. The first-order valence-corrected chi connectivity index (χ1v) is 33.4. The molecule has 0 aromatic carbocycles. The van der Waals surface area contributed by atoms with Crippen LogP contribution in [0.4, 0.5) is 45.4 Å². The van der Waals surface area contributed by atoms with Crippen LogP contribution in [-0.4, -0.2) is 114 Å². The van der Waals surface area contributed by atoms with Gasteiger partial charge in [0, 0.05) is 47.3 Å².